The second-order valence-corrected chi connectivity index (χ2v) is 3.41. The van der Waals surface area contributed by atoms with Gasteiger partial charge in [0.15, 0.2) is 0 Å². The van der Waals surface area contributed by atoms with Crippen LogP contribution in [0.2, 0.25) is 0 Å². The molecule has 2 N–H and O–H groups in total. The van der Waals surface area contributed by atoms with Gasteiger partial charge in [-0.3, -0.25) is 0 Å². The highest BCUT2D eigenvalue weighted by Crippen LogP contribution is 2.02. The summed E-state index contributed by atoms with van der Waals surface area (Å²) < 4.78 is 9.54. The van der Waals surface area contributed by atoms with Crippen molar-refractivity contribution in [2.24, 2.45) is 0 Å². The number of hydrogen-bond acceptors (Lipinski definition) is 4. The van der Waals surface area contributed by atoms with Gasteiger partial charge in [0, 0.05) is 26.0 Å². The smallest absolute Gasteiger partial charge is 0.354 e. The lowest BCUT2D eigenvalue weighted by molar-refractivity contribution is 0.0594. The number of nitrogens with one attached hydrogen (secondary N) is 2. The molecule has 0 amide bonds. The number of carbonyl (C=O) groups excluding carboxylic acids is 1. The van der Waals surface area contributed by atoms with Crippen molar-refractivity contribution in [2.45, 2.75) is 13.0 Å². The average Bonchev–Trinajstić information content (AvgIpc) is 2.76. The van der Waals surface area contributed by atoms with Crippen LogP contribution in [0.4, 0.5) is 0 Å². The molecule has 0 radical (unpaired) electrons. The number of methoxy groups -OCH3 is 2. The molecular formula is C11H18N2O3. The molecular weight excluding hydrogens is 208 g/mol. The number of aromatic nitrogens is 1. The highest BCUT2D eigenvalue weighted by molar-refractivity contribution is 5.87. The third-order valence-corrected chi connectivity index (χ3v) is 2.17. The maximum absolute atomic E-state index is 11.2. The van der Waals surface area contributed by atoms with E-state index in [1.54, 1.807) is 13.2 Å². The lowest BCUT2D eigenvalue weighted by Gasteiger charge is -2.02. The maximum Gasteiger partial charge on any atom is 0.354 e. The summed E-state index contributed by atoms with van der Waals surface area (Å²) in [5.41, 5.74) is 1.45. The number of rotatable bonds is 7. The SMILES string of the molecule is COCCCNCc1ccc(C(=O)OC)[nH]1. The van der Waals surface area contributed by atoms with E-state index in [-0.39, 0.29) is 5.97 Å². The van der Waals surface area contributed by atoms with Crippen molar-refractivity contribution in [1.82, 2.24) is 10.3 Å². The molecule has 0 saturated carbocycles. The van der Waals surface area contributed by atoms with Crippen LogP contribution in [0.15, 0.2) is 12.1 Å². The van der Waals surface area contributed by atoms with Crippen LogP contribution in [0.5, 0.6) is 0 Å². The van der Waals surface area contributed by atoms with E-state index in [2.05, 4.69) is 15.0 Å². The molecule has 0 aliphatic rings. The summed E-state index contributed by atoms with van der Waals surface area (Å²) in [7, 11) is 3.06. The number of esters is 1. The van der Waals surface area contributed by atoms with Gasteiger partial charge in [0.1, 0.15) is 5.69 Å². The summed E-state index contributed by atoms with van der Waals surface area (Å²) in [5.74, 6) is -0.342. The number of H-pyrrole nitrogens is 1. The fourth-order valence-corrected chi connectivity index (χ4v) is 1.34. The van der Waals surface area contributed by atoms with Crippen LogP contribution in [0.25, 0.3) is 0 Å². The number of hydrogen-bond donors (Lipinski definition) is 2. The first-order chi connectivity index (χ1) is 7.77. The van der Waals surface area contributed by atoms with Gasteiger partial charge >= 0.3 is 5.97 Å². The van der Waals surface area contributed by atoms with Gasteiger partial charge < -0.3 is 19.8 Å². The molecule has 0 spiro atoms. The van der Waals surface area contributed by atoms with Gasteiger partial charge in [0.05, 0.1) is 7.11 Å². The molecule has 1 aromatic heterocycles. The van der Waals surface area contributed by atoms with Crippen molar-refractivity contribution < 1.29 is 14.3 Å². The first-order valence-electron chi connectivity index (χ1n) is 5.23. The minimum absolute atomic E-state index is 0.342. The Kier molecular flexibility index (Phi) is 5.60. The van der Waals surface area contributed by atoms with Gasteiger partial charge in [-0.25, -0.2) is 4.79 Å². The molecule has 5 nitrogen and oxygen atoms in total. The van der Waals surface area contributed by atoms with Gasteiger partial charge in [0.25, 0.3) is 0 Å². The zero-order valence-electron chi connectivity index (χ0n) is 9.71. The number of aromatic amines is 1. The summed E-state index contributed by atoms with van der Waals surface area (Å²) >= 11 is 0. The molecule has 0 aliphatic carbocycles. The van der Waals surface area contributed by atoms with Gasteiger partial charge in [-0.2, -0.15) is 0 Å². The lowest BCUT2D eigenvalue weighted by Crippen LogP contribution is -2.16. The number of ether oxygens (including phenoxy) is 2. The van der Waals surface area contributed by atoms with Gasteiger partial charge in [-0.15, -0.1) is 0 Å². The quantitative estimate of drug-likeness (QED) is 0.536. The second-order valence-electron chi connectivity index (χ2n) is 3.41. The van der Waals surface area contributed by atoms with Crippen molar-refractivity contribution in [3.8, 4) is 0 Å². The largest absolute Gasteiger partial charge is 0.464 e. The maximum atomic E-state index is 11.2. The Hall–Kier alpha value is -1.33. The minimum Gasteiger partial charge on any atom is -0.464 e. The standard InChI is InChI=1S/C11H18N2O3/c1-15-7-3-6-12-8-9-4-5-10(13-9)11(14)16-2/h4-5,12-13H,3,6-8H2,1-2H3. The van der Waals surface area contributed by atoms with E-state index >= 15 is 0 Å². The first kappa shape index (κ1) is 12.7. The van der Waals surface area contributed by atoms with E-state index in [0.29, 0.717) is 12.2 Å². The summed E-state index contributed by atoms with van der Waals surface area (Å²) in [5, 5.41) is 3.24. The van der Waals surface area contributed by atoms with Gasteiger partial charge in [-0.05, 0) is 25.1 Å². The topological polar surface area (TPSA) is 63.4 Å². The van der Waals surface area contributed by atoms with Crippen LogP contribution in [0.1, 0.15) is 22.6 Å². The Morgan fingerprint density at radius 1 is 1.44 bits per heavy atom. The molecule has 0 saturated heterocycles. The van der Waals surface area contributed by atoms with E-state index in [0.717, 1.165) is 25.3 Å². The van der Waals surface area contributed by atoms with Crippen LogP contribution in [-0.2, 0) is 16.0 Å². The van der Waals surface area contributed by atoms with E-state index in [1.165, 1.54) is 7.11 Å². The molecule has 1 rings (SSSR count). The molecule has 0 bridgehead atoms. The van der Waals surface area contributed by atoms with E-state index in [4.69, 9.17) is 4.74 Å². The summed E-state index contributed by atoms with van der Waals surface area (Å²) in [6.45, 7) is 2.35. The molecule has 16 heavy (non-hydrogen) atoms. The zero-order valence-corrected chi connectivity index (χ0v) is 9.71. The minimum atomic E-state index is -0.342. The van der Waals surface area contributed by atoms with Crippen molar-refractivity contribution in [1.29, 1.82) is 0 Å². The molecule has 5 heteroatoms. The van der Waals surface area contributed by atoms with Crippen LogP contribution in [-0.4, -0.2) is 38.3 Å². The van der Waals surface area contributed by atoms with Crippen LogP contribution < -0.4 is 5.32 Å². The van der Waals surface area contributed by atoms with Gasteiger partial charge in [0.2, 0.25) is 0 Å². The summed E-state index contributed by atoms with van der Waals surface area (Å²) in [4.78, 5) is 14.1. The summed E-state index contributed by atoms with van der Waals surface area (Å²) in [6.07, 6.45) is 0.973. The molecule has 0 aliphatic heterocycles. The van der Waals surface area contributed by atoms with Crippen molar-refractivity contribution in [3.63, 3.8) is 0 Å². The fraction of sp³-hybridized carbons (Fsp3) is 0.545. The average molecular weight is 226 g/mol. The molecule has 0 atom stereocenters. The van der Waals surface area contributed by atoms with Crippen molar-refractivity contribution >= 4 is 5.97 Å². The third kappa shape index (κ3) is 4.04. The normalized spacial score (nSPS) is 10.4. The Morgan fingerprint density at radius 2 is 2.25 bits per heavy atom. The van der Waals surface area contributed by atoms with Crippen molar-refractivity contribution in [2.75, 3.05) is 27.4 Å². The summed E-state index contributed by atoms with van der Waals surface area (Å²) in [6, 6.07) is 3.59. The highest BCUT2D eigenvalue weighted by atomic mass is 16.5. The van der Waals surface area contributed by atoms with Gasteiger partial charge in [-0.1, -0.05) is 0 Å². The lowest BCUT2D eigenvalue weighted by atomic mass is 10.4. The van der Waals surface area contributed by atoms with Crippen LogP contribution >= 0.6 is 0 Å². The molecule has 1 heterocycles. The first-order valence-corrected chi connectivity index (χ1v) is 5.23. The Bertz CT molecular complexity index is 323. The monoisotopic (exact) mass is 226 g/mol. The van der Waals surface area contributed by atoms with E-state index in [9.17, 15) is 4.79 Å². The molecule has 0 unspecified atom stereocenters. The number of carbonyl (C=O) groups is 1. The zero-order chi connectivity index (χ0) is 11.8. The molecule has 0 aromatic carbocycles. The second kappa shape index (κ2) is 7.03. The molecule has 90 valence electrons. The van der Waals surface area contributed by atoms with E-state index < -0.39 is 0 Å². The predicted molar refractivity (Wildman–Crippen MR) is 60.3 cm³/mol. The molecule has 0 fully saturated rings. The predicted octanol–water partition coefficient (Wildman–Crippen LogP) is 0.927. The Morgan fingerprint density at radius 3 is 2.94 bits per heavy atom. The third-order valence-electron chi connectivity index (χ3n) is 2.17. The Labute approximate surface area is 95.1 Å². The van der Waals surface area contributed by atoms with Crippen LogP contribution in [0.3, 0.4) is 0 Å². The van der Waals surface area contributed by atoms with Crippen LogP contribution in [0, 0.1) is 0 Å². The Balaban J connectivity index is 2.27. The van der Waals surface area contributed by atoms with Crippen molar-refractivity contribution in [3.05, 3.63) is 23.5 Å². The van der Waals surface area contributed by atoms with E-state index in [1.807, 2.05) is 6.07 Å². The highest BCUT2D eigenvalue weighted by Gasteiger charge is 2.07. The fourth-order valence-electron chi connectivity index (χ4n) is 1.34. The molecule has 1 aromatic rings.